The normalized spacial score (nSPS) is 17.9. The fourth-order valence-corrected chi connectivity index (χ4v) is 3.71. The fourth-order valence-electron chi connectivity index (χ4n) is 3.24. The maximum Gasteiger partial charge on any atom is 0.0453 e. The van der Waals surface area contributed by atoms with Gasteiger partial charge in [0, 0.05) is 16.6 Å². The van der Waals surface area contributed by atoms with Crippen LogP contribution in [0.25, 0.3) is 0 Å². The number of rotatable bonds is 6. The van der Waals surface area contributed by atoms with Crippen molar-refractivity contribution in [2.75, 3.05) is 13.1 Å². The van der Waals surface area contributed by atoms with Crippen LogP contribution in [0, 0.1) is 11.3 Å². The average molecular weight is 314 g/mol. The topological polar surface area (TPSA) is 12.0 Å². The molecule has 0 heterocycles. The van der Waals surface area contributed by atoms with E-state index >= 15 is 0 Å². The van der Waals surface area contributed by atoms with Gasteiger partial charge in [0.15, 0.2) is 0 Å². The van der Waals surface area contributed by atoms with E-state index in [2.05, 4.69) is 25.2 Å². The van der Waals surface area contributed by atoms with Crippen LogP contribution >= 0.6 is 23.2 Å². The van der Waals surface area contributed by atoms with E-state index in [4.69, 9.17) is 23.2 Å². The molecule has 1 nitrogen and oxygen atoms in total. The van der Waals surface area contributed by atoms with E-state index in [9.17, 15) is 0 Å². The van der Waals surface area contributed by atoms with Crippen molar-refractivity contribution in [3.05, 3.63) is 33.8 Å². The quantitative estimate of drug-likeness (QED) is 0.747. The summed E-state index contributed by atoms with van der Waals surface area (Å²) in [5, 5.41) is 5.18. The van der Waals surface area contributed by atoms with Gasteiger partial charge in [0.1, 0.15) is 0 Å². The third-order valence-corrected chi connectivity index (χ3v) is 4.88. The number of nitrogens with one attached hydrogen (secondary N) is 1. The molecule has 0 aromatic heterocycles. The number of halogens is 2. The van der Waals surface area contributed by atoms with Crippen LogP contribution in [0.4, 0.5) is 0 Å². The third kappa shape index (κ3) is 4.38. The highest BCUT2D eigenvalue weighted by Crippen LogP contribution is 2.41. The Bertz CT molecular complexity index is 437. The maximum absolute atomic E-state index is 6.35. The van der Waals surface area contributed by atoms with Gasteiger partial charge in [0.05, 0.1) is 0 Å². The minimum absolute atomic E-state index is 0.381. The first-order valence-corrected chi connectivity index (χ1v) is 8.41. The average Bonchev–Trinajstić information content (AvgIpc) is 2.81. The SMILES string of the molecule is CC(C)CNCC1(Cc2ccc(Cl)cc2Cl)CCCC1. The number of benzene rings is 1. The van der Waals surface area contributed by atoms with E-state index in [1.165, 1.54) is 31.2 Å². The summed E-state index contributed by atoms with van der Waals surface area (Å²) in [5.74, 6) is 0.701. The zero-order chi connectivity index (χ0) is 14.6. The predicted octanol–water partition coefficient (Wildman–Crippen LogP) is 5.34. The summed E-state index contributed by atoms with van der Waals surface area (Å²) in [6.07, 6.45) is 6.35. The van der Waals surface area contributed by atoms with Crippen molar-refractivity contribution >= 4 is 23.2 Å². The smallest absolute Gasteiger partial charge is 0.0453 e. The first-order chi connectivity index (χ1) is 9.51. The van der Waals surface area contributed by atoms with Gasteiger partial charge in [-0.15, -0.1) is 0 Å². The molecule has 2 rings (SSSR count). The lowest BCUT2D eigenvalue weighted by Gasteiger charge is -2.30. The van der Waals surface area contributed by atoms with E-state index < -0.39 is 0 Å². The van der Waals surface area contributed by atoms with Gasteiger partial charge in [0.2, 0.25) is 0 Å². The molecule has 0 amide bonds. The summed E-state index contributed by atoms with van der Waals surface area (Å²) in [4.78, 5) is 0. The van der Waals surface area contributed by atoms with Gasteiger partial charge < -0.3 is 5.32 Å². The molecule has 0 aliphatic heterocycles. The molecule has 1 aliphatic rings. The molecule has 0 bridgehead atoms. The molecule has 1 aromatic carbocycles. The lowest BCUT2D eigenvalue weighted by Crippen LogP contribution is -2.35. The van der Waals surface area contributed by atoms with Crippen molar-refractivity contribution in [3.8, 4) is 0 Å². The van der Waals surface area contributed by atoms with Gasteiger partial charge in [-0.25, -0.2) is 0 Å². The summed E-state index contributed by atoms with van der Waals surface area (Å²) in [6.45, 7) is 6.70. The van der Waals surface area contributed by atoms with Crippen LogP contribution in [0.5, 0.6) is 0 Å². The van der Waals surface area contributed by atoms with Crippen LogP contribution < -0.4 is 5.32 Å². The standard InChI is InChI=1S/C17H25Cl2N/c1-13(2)11-20-12-17(7-3-4-8-17)10-14-5-6-15(18)9-16(14)19/h5-6,9,13,20H,3-4,7-8,10-12H2,1-2H3. The van der Waals surface area contributed by atoms with E-state index in [0.717, 1.165) is 29.6 Å². The molecule has 1 saturated carbocycles. The molecular weight excluding hydrogens is 289 g/mol. The van der Waals surface area contributed by atoms with Crippen molar-refractivity contribution in [2.24, 2.45) is 11.3 Å². The van der Waals surface area contributed by atoms with E-state index in [0.29, 0.717) is 11.3 Å². The second kappa shape index (κ2) is 7.15. The molecule has 0 saturated heterocycles. The summed E-state index contributed by atoms with van der Waals surface area (Å²) in [7, 11) is 0. The highest BCUT2D eigenvalue weighted by molar-refractivity contribution is 6.35. The van der Waals surface area contributed by atoms with Crippen LogP contribution in [0.2, 0.25) is 10.0 Å². The molecular formula is C17H25Cl2N. The summed E-state index contributed by atoms with van der Waals surface area (Å²) < 4.78 is 0. The molecule has 112 valence electrons. The Morgan fingerprint density at radius 2 is 1.90 bits per heavy atom. The largest absolute Gasteiger partial charge is 0.316 e. The van der Waals surface area contributed by atoms with Crippen molar-refractivity contribution in [3.63, 3.8) is 0 Å². The zero-order valence-corrected chi connectivity index (χ0v) is 14.0. The highest BCUT2D eigenvalue weighted by atomic mass is 35.5. The van der Waals surface area contributed by atoms with E-state index in [1.807, 2.05) is 12.1 Å². The number of hydrogen-bond donors (Lipinski definition) is 1. The van der Waals surface area contributed by atoms with Gasteiger partial charge in [-0.2, -0.15) is 0 Å². The molecule has 0 radical (unpaired) electrons. The minimum Gasteiger partial charge on any atom is -0.316 e. The molecule has 1 aliphatic carbocycles. The van der Waals surface area contributed by atoms with Crippen LogP contribution in [0.3, 0.4) is 0 Å². The summed E-state index contributed by atoms with van der Waals surface area (Å²) in [6, 6.07) is 5.91. The van der Waals surface area contributed by atoms with E-state index in [1.54, 1.807) is 0 Å². The van der Waals surface area contributed by atoms with E-state index in [-0.39, 0.29) is 0 Å². The summed E-state index contributed by atoms with van der Waals surface area (Å²) >= 11 is 12.3. The second-order valence-corrected chi connectivity index (χ2v) is 7.49. The van der Waals surface area contributed by atoms with Crippen molar-refractivity contribution in [2.45, 2.75) is 46.0 Å². The molecule has 0 atom stereocenters. The van der Waals surface area contributed by atoms with Crippen LogP contribution in [-0.4, -0.2) is 13.1 Å². The monoisotopic (exact) mass is 313 g/mol. The lowest BCUT2D eigenvalue weighted by molar-refractivity contribution is 0.273. The molecule has 0 spiro atoms. The fraction of sp³-hybridized carbons (Fsp3) is 0.647. The minimum atomic E-state index is 0.381. The Labute approximate surface area is 133 Å². The van der Waals surface area contributed by atoms with Gasteiger partial charge in [-0.1, -0.05) is 56.0 Å². The zero-order valence-electron chi connectivity index (χ0n) is 12.5. The van der Waals surface area contributed by atoms with Crippen LogP contribution in [-0.2, 0) is 6.42 Å². The maximum atomic E-state index is 6.35. The third-order valence-electron chi connectivity index (χ3n) is 4.30. The van der Waals surface area contributed by atoms with Crippen molar-refractivity contribution in [1.82, 2.24) is 5.32 Å². The Morgan fingerprint density at radius 1 is 1.20 bits per heavy atom. The summed E-state index contributed by atoms with van der Waals surface area (Å²) in [5.41, 5.74) is 1.62. The lowest BCUT2D eigenvalue weighted by atomic mass is 9.80. The first-order valence-electron chi connectivity index (χ1n) is 7.65. The Hall–Kier alpha value is -0.240. The first kappa shape index (κ1) is 16.1. The van der Waals surface area contributed by atoms with Gasteiger partial charge in [-0.05, 0) is 54.8 Å². The Morgan fingerprint density at radius 3 is 2.50 bits per heavy atom. The molecule has 1 N–H and O–H groups in total. The molecule has 3 heteroatoms. The van der Waals surface area contributed by atoms with Gasteiger partial charge >= 0.3 is 0 Å². The molecule has 20 heavy (non-hydrogen) atoms. The number of hydrogen-bond acceptors (Lipinski definition) is 1. The Kier molecular flexibility index (Phi) is 5.77. The van der Waals surface area contributed by atoms with Crippen LogP contribution in [0.15, 0.2) is 18.2 Å². The highest BCUT2D eigenvalue weighted by Gasteiger charge is 2.34. The van der Waals surface area contributed by atoms with Crippen LogP contribution in [0.1, 0.15) is 45.1 Å². The Balaban J connectivity index is 2.04. The van der Waals surface area contributed by atoms with Gasteiger partial charge in [0.25, 0.3) is 0 Å². The molecule has 1 aromatic rings. The molecule has 1 fully saturated rings. The second-order valence-electron chi connectivity index (χ2n) is 6.64. The van der Waals surface area contributed by atoms with Crippen molar-refractivity contribution < 1.29 is 0 Å². The predicted molar refractivity (Wildman–Crippen MR) is 88.8 cm³/mol. The molecule has 0 unspecified atom stereocenters. The van der Waals surface area contributed by atoms with Gasteiger partial charge in [-0.3, -0.25) is 0 Å². The van der Waals surface area contributed by atoms with Crippen molar-refractivity contribution in [1.29, 1.82) is 0 Å².